The van der Waals surface area contributed by atoms with Crippen LogP contribution in [0.3, 0.4) is 0 Å². The molecule has 0 saturated carbocycles. The van der Waals surface area contributed by atoms with Crippen LogP contribution in [-0.4, -0.2) is 73.8 Å². The first-order valence-corrected chi connectivity index (χ1v) is 14.9. The van der Waals surface area contributed by atoms with Gasteiger partial charge in [0.05, 0.1) is 36.2 Å². The molecule has 0 radical (unpaired) electrons. The van der Waals surface area contributed by atoms with E-state index in [1.165, 1.54) is 18.2 Å². The van der Waals surface area contributed by atoms with Gasteiger partial charge >= 0.3 is 0 Å². The molecule has 2 amide bonds. The number of rotatable bonds is 14. The molecule has 0 bridgehead atoms. The van der Waals surface area contributed by atoms with Crippen molar-refractivity contribution in [1.29, 1.82) is 0 Å². The molecule has 1 unspecified atom stereocenters. The lowest BCUT2D eigenvalue weighted by molar-refractivity contribution is -0.126. The van der Waals surface area contributed by atoms with Gasteiger partial charge in [0.1, 0.15) is 6.04 Å². The molecule has 3 aromatic rings. The number of hydrogen-bond donors (Lipinski definition) is 4. The molecule has 230 valence electrons. The molecule has 4 N–H and O–H groups in total. The van der Waals surface area contributed by atoms with Crippen LogP contribution in [0.25, 0.3) is 11.3 Å². The number of nitrogens with zero attached hydrogens (tertiary/aromatic N) is 4. The summed E-state index contributed by atoms with van der Waals surface area (Å²) >= 11 is 6.48. The molecule has 1 aliphatic rings. The first-order chi connectivity index (χ1) is 20.7. The molecule has 1 aromatic carbocycles. The molecule has 4 atom stereocenters. The Morgan fingerprint density at radius 1 is 1.19 bits per heavy atom. The Kier molecular flexibility index (Phi) is 10.9. The fraction of sp³-hybridized carbons (Fsp3) is 0.452. The second-order valence-corrected chi connectivity index (χ2v) is 11.0. The molecule has 0 saturated heterocycles. The van der Waals surface area contributed by atoms with Gasteiger partial charge in [-0.05, 0) is 49.4 Å². The maximum absolute atomic E-state index is 13.6. The average molecular weight is 611 g/mol. The van der Waals surface area contributed by atoms with Gasteiger partial charge in [-0.2, -0.15) is 0 Å². The molecule has 12 heteroatoms. The molecule has 0 aliphatic carbocycles. The highest BCUT2D eigenvalue weighted by Crippen LogP contribution is 2.33. The van der Waals surface area contributed by atoms with Gasteiger partial charge in [0.15, 0.2) is 0 Å². The number of nitrogens with one attached hydrogen (secondary N) is 2. The lowest BCUT2D eigenvalue weighted by atomic mass is 10.00. The van der Waals surface area contributed by atoms with Crippen molar-refractivity contribution in [3.05, 3.63) is 64.4 Å². The summed E-state index contributed by atoms with van der Waals surface area (Å²) in [7, 11) is 1.50. The summed E-state index contributed by atoms with van der Waals surface area (Å²) in [5.41, 5.74) is 3.02. The van der Waals surface area contributed by atoms with E-state index >= 15 is 0 Å². The highest BCUT2D eigenvalue weighted by Gasteiger charge is 2.36. The lowest BCUT2D eigenvalue weighted by Crippen LogP contribution is -2.48. The Balaban J connectivity index is 1.52. The highest BCUT2D eigenvalue weighted by atomic mass is 35.5. The summed E-state index contributed by atoms with van der Waals surface area (Å²) in [5, 5.41) is 26.6. The molecule has 4 rings (SSSR count). The minimum absolute atomic E-state index is 0.0189. The number of amides is 2. The Labute approximate surface area is 256 Å². The average Bonchev–Trinajstić information content (AvgIpc) is 3.35. The predicted octanol–water partition coefficient (Wildman–Crippen LogP) is 4.14. The number of ether oxygens (including phenoxy) is 1. The van der Waals surface area contributed by atoms with E-state index in [9.17, 15) is 19.8 Å². The van der Waals surface area contributed by atoms with Crippen molar-refractivity contribution in [3.8, 4) is 17.1 Å². The van der Waals surface area contributed by atoms with Crippen molar-refractivity contribution in [1.82, 2.24) is 25.2 Å². The van der Waals surface area contributed by atoms with Crippen molar-refractivity contribution >= 4 is 29.4 Å². The number of anilines is 1. The zero-order valence-corrected chi connectivity index (χ0v) is 25.6. The zero-order valence-electron chi connectivity index (χ0n) is 24.9. The maximum atomic E-state index is 13.6. The third-order valence-electron chi connectivity index (χ3n) is 7.68. The number of pyridine rings is 1. The van der Waals surface area contributed by atoms with Crippen LogP contribution in [-0.2, 0) is 11.3 Å². The molecule has 11 nitrogen and oxygen atoms in total. The Bertz CT molecular complexity index is 1430. The second-order valence-electron chi connectivity index (χ2n) is 10.6. The number of carbonyl (C=O) groups excluding carboxylic acids is 2. The number of aliphatic hydroxyl groups excluding tert-OH is 2. The fourth-order valence-electron chi connectivity index (χ4n) is 5.18. The standard InChI is InChI=1S/C31H39ClN6O5/c1-5-7-22(11-13-39)35-31-34-16-24(32)27(37-31)19-8-9-21-17-38(30(42)23(21)14-19)18(3)29(41)36-28(25(40)6-2)20-10-12-33-26(15-20)43-4/h8-10,12,14-16,18,22,25,28,39-40H,5-7,11,13,17H2,1-4H3,(H,36,41)(H,34,35,37)/t18-,22?,25+,28+/m1/s1. The third-order valence-corrected chi connectivity index (χ3v) is 7.96. The number of fused-ring (bicyclic) bond motifs is 1. The zero-order chi connectivity index (χ0) is 31.1. The van der Waals surface area contributed by atoms with Gasteiger partial charge in [0.2, 0.25) is 17.7 Å². The van der Waals surface area contributed by atoms with E-state index < -0.39 is 24.1 Å². The Hall–Kier alpha value is -3.80. The smallest absolute Gasteiger partial charge is 0.255 e. The van der Waals surface area contributed by atoms with E-state index in [0.717, 1.165) is 18.4 Å². The topological polar surface area (TPSA) is 150 Å². The van der Waals surface area contributed by atoms with Crippen LogP contribution in [0, 0.1) is 0 Å². The van der Waals surface area contributed by atoms with Gasteiger partial charge in [0, 0.05) is 42.6 Å². The third kappa shape index (κ3) is 7.41. The Morgan fingerprint density at radius 3 is 2.67 bits per heavy atom. The van der Waals surface area contributed by atoms with Crippen LogP contribution in [0.4, 0.5) is 5.95 Å². The van der Waals surface area contributed by atoms with Gasteiger partial charge in [0.25, 0.3) is 5.91 Å². The first kappa shape index (κ1) is 32.1. The summed E-state index contributed by atoms with van der Waals surface area (Å²) in [5.74, 6) is 0.0771. The summed E-state index contributed by atoms with van der Waals surface area (Å²) in [4.78, 5) is 41.5. The number of carbonyl (C=O) groups is 2. The fourth-order valence-corrected chi connectivity index (χ4v) is 5.38. The first-order valence-electron chi connectivity index (χ1n) is 14.5. The van der Waals surface area contributed by atoms with Crippen LogP contribution in [0.5, 0.6) is 5.88 Å². The molecule has 0 fully saturated rings. The van der Waals surface area contributed by atoms with Crippen molar-refractivity contribution in [2.45, 2.75) is 77.2 Å². The van der Waals surface area contributed by atoms with E-state index in [1.807, 2.05) is 19.1 Å². The summed E-state index contributed by atoms with van der Waals surface area (Å²) in [6, 6.07) is 7.32. The second kappa shape index (κ2) is 14.6. The van der Waals surface area contributed by atoms with Crippen LogP contribution in [0.2, 0.25) is 5.02 Å². The number of hydrogen-bond acceptors (Lipinski definition) is 9. The minimum Gasteiger partial charge on any atom is -0.481 e. The molecule has 3 heterocycles. The summed E-state index contributed by atoms with van der Waals surface area (Å²) < 4.78 is 5.21. The number of benzene rings is 1. The van der Waals surface area contributed by atoms with Crippen molar-refractivity contribution in [2.75, 3.05) is 19.0 Å². The number of aromatic nitrogens is 3. The van der Waals surface area contributed by atoms with Gasteiger partial charge in [-0.1, -0.05) is 44.0 Å². The number of halogens is 1. The molecule has 1 aliphatic heterocycles. The predicted molar refractivity (Wildman–Crippen MR) is 164 cm³/mol. The molecule has 0 spiro atoms. The van der Waals surface area contributed by atoms with Crippen LogP contribution < -0.4 is 15.4 Å². The van der Waals surface area contributed by atoms with E-state index in [1.54, 1.807) is 31.3 Å². The van der Waals surface area contributed by atoms with Crippen molar-refractivity contribution < 1.29 is 24.5 Å². The number of methoxy groups -OCH3 is 1. The normalized spacial score (nSPS) is 15.4. The lowest BCUT2D eigenvalue weighted by Gasteiger charge is -2.29. The largest absolute Gasteiger partial charge is 0.481 e. The van der Waals surface area contributed by atoms with Crippen LogP contribution in [0.15, 0.2) is 42.7 Å². The van der Waals surface area contributed by atoms with E-state index in [0.29, 0.717) is 52.1 Å². The summed E-state index contributed by atoms with van der Waals surface area (Å²) in [6.45, 7) is 5.88. The van der Waals surface area contributed by atoms with E-state index in [-0.39, 0.29) is 25.1 Å². The minimum atomic E-state index is -0.852. The van der Waals surface area contributed by atoms with Gasteiger partial charge < -0.3 is 30.5 Å². The number of aliphatic hydroxyl groups is 2. The molecule has 2 aromatic heterocycles. The molecule has 43 heavy (non-hydrogen) atoms. The maximum Gasteiger partial charge on any atom is 0.255 e. The molecular formula is C31H39ClN6O5. The Morgan fingerprint density at radius 2 is 1.98 bits per heavy atom. The highest BCUT2D eigenvalue weighted by molar-refractivity contribution is 6.33. The van der Waals surface area contributed by atoms with Gasteiger partial charge in [-0.3, -0.25) is 9.59 Å². The van der Waals surface area contributed by atoms with Gasteiger partial charge in [-0.25, -0.2) is 15.0 Å². The summed E-state index contributed by atoms with van der Waals surface area (Å²) in [6.07, 6.45) is 4.99. The SMILES string of the molecule is CCCC(CCO)Nc1ncc(Cl)c(-c2ccc3c(c2)C(=O)N([C@H](C)C(=O)N[C@@H](c2ccnc(OC)c2)[C@@H](O)CC)C3)n1. The van der Waals surface area contributed by atoms with E-state index in [4.69, 9.17) is 16.3 Å². The molecular weight excluding hydrogens is 572 g/mol. The monoisotopic (exact) mass is 610 g/mol. The van der Waals surface area contributed by atoms with E-state index in [2.05, 4.69) is 32.5 Å². The quantitative estimate of drug-likeness (QED) is 0.211. The van der Waals surface area contributed by atoms with Crippen molar-refractivity contribution in [2.24, 2.45) is 0 Å². The van der Waals surface area contributed by atoms with Crippen LogP contribution in [0.1, 0.15) is 74.0 Å². The van der Waals surface area contributed by atoms with Crippen molar-refractivity contribution in [3.63, 3.8) is 0 Å². The van der Waals surface area contributed by atoms with Crippen LogP contribution >= 0.6 is 11.6 Å². The van der Waals surface area contributed by atoms with Gasteiger partial charge in [-0.15, -0.1) is 0 Å².